The molecule has 0 amide bonds. The summed E-state index contributed by atoms with van der Waals surface area (Å²) >= 11 is 0. The average Bonchev–Trinajstić information content (AvgIpc) is 3.08. The highest BCUT2D eigenvalue weighted by Crippen LogP contribution is 2.17. The second-order valence-corrected chi connectivity index (χ2v) is 4.67. The number of rotatable bonds is 5. The summed E-state index contributed by atoms with van der Waals surface area (Å²) in [6.07, 6.45) is 0. The van der Waals surface area contributed by atoms with E-state index in [1.807, 2.05) is 30.3 Å². The molecule has 0 atom stereocenters. The number of tetrazole rings is 1. The lowest BCUT2D eigenvalue weighted by atomic mass is 10.1. The van der Waals surface area contributed by atoms with Crippen LogP contribution in [-0.2, 0) is 6.54 Å². The number of hydrogen-bond donors (Lipinski definition) is 3. The van der Waals surface area contributed by atoms with Crippen LogP contribution in [0.1, 0.15) is 15.9 Å². The van der Waals surface area contributed by atoms with Crippen LogP contribution in [0.5, 0.6) is 0 Å². The van der Waals surface area contributed by atoms with Gasteiger partial charge in [-0.25, -0.2) is 4.79 Å². The number of anilines is 1. The first kappa shape index (κ1) is 13.7. The minimum absolute atomic E-state index is 0.284. The molecule has 0 bridgehead atoms. The highest BCUT2D eigenvalue weighted by atomic mass is 16.4. The number of aromatic amines is 1. The minimum atomic E-state index is -0.925. The summed E-state index contributed by atoms with van der Waals surface area (Å²) in [4.78, 5) is 10.9. The SMILES string of the molecule is O=C(O)c1cccc(CNc2ccc(-c3nn[nH]n3)cc2)c1. The van der Waals surface area contributed by atoms with Gasteiger partial charge >= 0.3 is 5.97 Å². The van der Waals surface area contributed by atoms with Crippen LogP contribution in [0.2, 0.25) is 0 Å². The quantitative estimate of drug-likeness (QED) is 0.666. The Hall–Kier alpha value is -3.22. The molecular formula is C15H13N5O2. The highest BCUT2D eigenvalue weighted by Gasteiger charge is 2.04. The smallest absolute Gasteiger partial charge is 0.335 e. The molecule has 3 N–H and O–H groups in total. The third-order valence-corrected chi connectivity index (χ3v) is 3.16. The Morgan fingerprint density at radius 2 is 2.00 bits per heavy atom. The summed E-state index contributed by atoms with van der Waals surface area (Å²) in [5, 5.41) is 26.0. The van der Waals surface area contributed by atoms with Crippen molar-refractivity contribution in [2.45, 2.75) is 6.54 Å². The average molecular weight is 295 g/mol. The molecular weight excluding hydrogens is 282 g/mol. The molecule has 0 saturated heterocycles. The summed E-state index contributed by atoms with van der Waals surface area (Å²) in [6, 6.07) is 14.4. The Kier molecular flexibility index (Phi) is 3.78. The van der Waals surface area contributed by atoms with Gasteiger partial charge in [-0.1, -0.05) is 12.1 Å². The maximum atomic E-state index is 10.9. The molecule has 1 aromatic heterocycles. The van der Waals surface area contributed by atoms with Gasteiger partial charge in [0.25, 0.3) is 0 Å². The molecule has 0 aliphatic rings. The fourth-order valence-electron chi connectivity index (χ4n) is 2.04. The third kappa shape index (κ3) is 3.09. The fourth-order valence-corrected chi connectivity index (χ4v) is 2.04. The number of aromatic nitrogens is 4. The Morgan fingerprint density at radius 1 is 1.18 bits per heavy atom. The van der Waals surface area contributed by atoms with E-state index >= 15 is 0 Å². The van der Waals surface area contributed by atoms with E-state index < -0.39 is 5.97 Å². The first-order chi connectivity index (χ1) is 10.7. The van der Waals surface area contributed by atoms with Gasteiger partial charge in [-0.3, -0.25) is 0 Å². The Bertz CT molecular complexity index is 769. The zero-order chi connectivity index (χ0) is 15.4. The van der Waals surface area contributed by atoms with Crippen LogP contribution in [-0.4, -0.2) is 31.7 Å². The van der Waals surface area contributed by atoms with Gasteiger partial charge in [0.05, 0.1) is 5.56 Å². The molecule has 110 valence electrons. The molecule has 0 radical (unpaired) electrons. The molecule has 3 rings (SSSR count). The van der Waals surface area contributed by atoms with E-state index in [1.165, 1.54) is 0 Å². The molecule has 3 aromatic rings. The number of nitrogens with one attached hydrogen (secondary N) is 2. The molecule has 22 heavy (non-hydrogen) atoms. The number of nitrogens with zero attached hydrogens (tertiary/aromatic N) is 3. The van der Waals surface area contributed by atoms with Gasteiger partial charge in [-0.15, -0.1) is 10.2 Å². The van der Waals surface area contributed by atoms with E-state index in [9.17, 15) is 4.79 Å². The van der Waals surface area contributed by atoms with Crippen molar-refractivity contribution in [3.05, 3.63) is 59.7 Å². The van der Waals surface area contributed by atoms with Crippen molar-refractivity contribution in [1.29, 1.82) is 0 Å². The largest absolute Gasteiger partial charge is 0.478 e. The third-order valence-electron chi connectivity index (χ3n) is 3.16. The monoisotopic (exact) mass is 295 g/mol. The van der Waals surface area contributed by atoms with Crippen LogP contribution in [0, 0.1) is 0 Å². The van der Waals surface area contributed by atoms with Crippen LogP contribution >= 0.6 is 0 Å². The van der Waals surface area contributed by atoms with Crippen LogP contribution in [0.25, 0.3) is 11.4 Å². The van der Waals surface area contributed by atoms with Gasteiger partial charge in [-0.2, -0.15) is 5.21 Å². The van der Waals surface area contributed by atoms with E-state index in [4.69, 9.17) is 5.11 Å². The number of carboxylic acid groups (broad SMARTS) is 1. The predicted octanol–water partition coefficient (Wildman–Crippen LogP) is 2.18. The molecule has 1 heterocycles. The summed E-state index contributed by atoms with van der Waals surface area (Å²) in [6.45, 7) is 0.544. The summed E-state index contributed by atoms with van der Waals surface area (Å²) in [7, 11) is 0. The normalized spacial score (nSPS) is 10.4. The van der Waals surface area contributed by atoms with Gasteiger partial charge in [0, 0.05) is 17.8 Å². The summed E-state index contributed by atoms with van der Waals surface area (Å²) in [5.41, 5.74) is 2.98. The zero-order valence-electron chi connectivity index (χ0n) is 11.5. The molecule has 0 aliphatic carbocycles. The maximum Gasteiger partial charge on any atom is 0.335 e. The molecule has 0 spiro atoms. The highest BCUT2D eigenvalue weighted by molar-refractivity contribution is 5.87. The number of carboxylic acids is 1. The van der Waals surface area contributed by atoms with Gasteiger partial charge in [-0.05, 0) is 47.2 Å². The van der Waals surface area contributed by atoms with Gasteiger partial charge < -0.3 is 10.4 Å². The molecule has 0 fully saturated rings. The Morgan fingerprint density at radius 3 is 2.68 bits per heavy atom. The Balaban J connectivity index is 1.66. The Labute approximate surface area is 126 Å². The van der Waals surface area contributed by atoms with Crippen LogP contribution in [0.4, 0.5) is 5.69 Å². The zero-order valence-corrected chi connectivity index (χ0v) is 11.5. The van der Waals surface area contributed by atoms with Crippen molar-refractivity contribution in [3.63, 3.8) is 0 Å². The summed E-state index contributed by atoms with van der Waals surface area (Å²) < 4.78 is 0. The fraction of sp³-hybridized carbons (Fsp3) is 0.0667. The van der Waals surface area contributed by atoms with Crippen molar-refractivity contribution in [2.75, 3.05) is 5.32 Å². The first-order valence-corrected chi connectivity index (χ1v) is 6.62. The summed E-state index contributed by atoms with van der Waals surface area (Å²) in [5.74, 6) is -0.382. The second-order valence-electron chi connectivity index (χ2n) is 4.67. The molecule has 7 nitrogen and oxygen atoms in total. The lowest BCUT2D eigenvalue weighted by Crippen LogP contribution is -2.02. The van der Waals surface area contributed by atoms with Crippen molar-refractivity contribution in [2.24, 2.45) is 0 Å². The van der Waals surface area contributed by atoms with Crippen molar-refractivity contribution < 1.29 is 9.90 Å². The molecule has 2 aromatic carbocycles. The maximum absolute atomic E-state index is 10.9. The number of carbonyl (C=O) groups is 1. The van der Waals surface area contributed by atoms with E-state index in [1.54, 1.807) is 18.2 Å². The standard InChI is InChI=1S/C15H13N5O2/c21-15(22)12-3-1-2-10(8-12)9-16-13-6-4-11(5-7-13)14-17-19-20-18-14/h1-8,16H,9H2,(H,21,22)(H,17,18,19,20). The van der Waals surface area contributed by atoms with Crippen LogP contribution < -0.4 is 5.32 Å². The van der Waals surface area contributed by atoms with E-state index in [0.717, 1.165) is 16.8 Å². The molecule has 7 heteroatoms. The number of hydrogen-bond acceptors (Lipinski definition) is 5. The van der Waals surface area contributed by atoms with Gasteiger partial charge in [0.1, 0.15) is 0 Å². The van der Waals surface area contributed by atoms with E-state index in [0.29, 0.717) is 12.4 Å². The van der Waals surface area contributed by atoms with Gasteiger partial charge in [0.2, 0.25) is 5.82 Å². The minimum Gasteiger partial charge on any atom is -0.478 e. The van der Waals surface area contributed by atoms with Crippen LogP contribution in [0.3, 0.4) is 0 Å². The number of H-pyrrole nitrogens is 1. The van der Waals surface area contributed by atoms with Crippen molar-refractivity contribution >= 4 is 11.7 Å². The molecule has 0 saturated carbocycles. The second kappa shape index (κ2) is 6.04. The predicted molar refractivity (Wildman–Crippen MR) is 80.3 cm³/mol. The molecule has 0 aliphatic heterocycles. The van der Waals surface area contributed by atoms with E-state index in [2.05, 4.69) is 25.9 Å². The molecule has 0 unspecified atom stereocenters. The lowest BCUT2D eigenvalue weighted by molar-refractivity contribution is 0.0697. The van der Waals surface area contributed by atoms with Crippen molar-refractivity contribution in [3.8, 4) is 11.4 Å². The number of benzene rings is 2. The lowest BCUT2D eigenvalue weighted by Gasteiger charge is -2.07. The van der Waals surface area contributed by atoms with E-state index in [-0.39, 0.29) is 5.56 Å². The van der Waals surface area contributed by atoms with Crippen molar-refractivity contribution in [1.82, 2.24) is 20.6 Å². The van der Waals surface area contributed by atoms with Gasteiger partial charge in [0.15, 0.2) is 0 Å². The van der Waals surface area contributed by atoms with Crippen LogP contribution in [0.15, 0.2) is 48.5 Å². The topological polar surface area (TPSA) is 104 Å². The number of aromatic carboxylic acids is 1. The first-order valence-electron chi connectivity index (χ1n) is 6.62.